The van der Waals surface area contributed by atoms with E-state index in [1.165, 1.54) is 6.07 Å². The van der Waals surface area contributed by atoms with Crippen LogP contribution in [0.5, 0.6) is 0 Å². The van der Waals surface area contributed by atoms with Gasteiger partial charge in [-0.1, -0.05) is 12.1 Å². The second kappa shape index (κ2) is 3.73. The lowest BCUT2D eigenvalue weighted by Crippen LogP contribution is -2.13. The molecule has 0 spiro atoms. The molecule has 0 unspecified atom stereocenters. The van der Waals surface area contributed by atoms with Crippen molar-refractivity contribution in [3.8, 4) is 0 Å². The number of rotatable bonds is 1. The van der Waals surface area contributed by atoms with E-state index in [-0.39, 0.29) is 11.5 Å². The molecular weight excluding hydrogens is 194 g/mol. The Bertz CT molecular complexity index is 426. The zero-order chi connectivity index (χ0) is 10.8. The molecule has 0 radical (unpaired) electrons. The fourth-order valence-corrected chi connectivity index (χ4v) is 1.78. The summed E-state index contributed by atoms with van der Waals surface area (Å²) in [5, 5.41) is 11.6. The highest BCUT2D eigenvalue weighted by atomic mass is 16.4. The number of carbonyl (C=O) groups is 2. The Morgan fingerprint density at radius 1 is 1.33 bits per heavy atom. The number of nitrogens with one attached hydrogen (secondary N) is 1. The van der Waals surface area contributed by atoms with E-state index in [0.29, 0.717) is 12.1 Å². The number of aryl methyl sites for hydroxylation is 1. The van der Waals surface area contributed by atoms with Gasteiger partial charge in [-0.25, -0.2) is 4.79 Å². The van der Waals surface area contributed by atoms with Crippen LogP contribution in [0, 0.1) is 0 Å². The van der Waals surface area contributed by atoms with Gasteiger partial charge in [0.2, 0.25) is 5.91 Å². The molecule has 78 valence electrons. The zero-order valence-corrected chi connectivity index (χ0v) is 8.12. The molecule has 1 aliphatic heterocycles. The Morgan fingerprint density at radius 2 is 2.13 bits per heavy atom. The SMILES string of the molecule is O=C1CCCc2cccc(C(=O)O)c2N1. The number of hydrogen-bond donors (Lipinski definition) is 2. The molecule has 2 rings (SSSR count). The van der Waals surface area contributed by atoms with Crippen LogP contribution in [0.3, 0.4) is 0 Å². The van der Waals surface area contributed by atoms with Gasteiger partial charge in [0.05, 0.1) is 11.3 Å². The highest BCUT2D eigenvalue weighted by Gasteiger charge is 2.18. The Kier molecular flexibility index (Phi) is 2.41. The van der Waals surface area contributed by atoms with Gasteiger partial charge in [0.15, 0.2) is 0 Å². The molecular formula is C11H11NO3. The van der Waals surface area contributed by atoms with Crippen molar-refractivity contribution in [2.24, 2.45) is 0 Å². The molecule has 0 fully saturated rings. The molecule has 4 nitrogen and oxygen atoms in total. The van der Waals surface area contributed by atoms with E-state index in [1.807, 2.05) is 6.07 Å². The molecule has 1 aromatic carbocycles. The van der Waals surface area contributed by atoms with Crippen molar-refractivity contribution in [2.45, 2.75) is 19.3 Å². The summed E-state index contributed by atoms with van der Waals surface area (Å²) < 4.78 is 0. The van der Waals surface area contributed by atoms with E-state index in [9.17, 15) is 9.59 Å². The first kappa shape index (κ1) is 9.71. The molecule has 0 saturated heterocycles. The molecule has 0 atom stereocenters. The van der Waals surface area contributed by atoms with E-state index in [0.717, 1.165) is 18.4 Å². The molecule has 0 bridgehead atoms. The van der Waals surface area contributed by atoms with E-state index in [1.54, 1.807) is 6.07 Å². The summed E-state index contributed by atoms with van der Waals surface area (Å²) in [6, 6.07) is 5.07. The van der Waals surface area contributed by atoms with E-state index < -0.39 is 5.97 Å². The summed E-state index contributed by atoms with van der Waals surface area (Å²) in [6.45, 7) is 0. The van der Waals surface area contributed by atoms with Gasteiger partial charge in [-0.05, 0) is 24.5 Å². The van der Waals surface area contributed by atoms with Crippen LogP contribution in [0.2, 0.25) is 0 Å². The maximum Gasteiger partial charge on any atom is 0.337 e. The molecule has 0 aromatic heterocycles. The van der Waals surface area contributed by atoms with Gasteiger partial charge in [-0.2, -0.15) is 0 Å². The minimum atomic E-state index is -1.01. The number of fused-ring (bicyclic) bond motifs is 1. The average Bonchev–Trinajstić information content (AvgIpc) is 2.37. The van der Waals surface area contributed by atoms with Crippen LogP contribution < -0.4 is 5.32 Å². The monoisotopic (exact) mass is 205 g/mol. The number of hydrogen-bond acceptors (Lipinski definition) is 2. The van der Waals surface area contributed by atoms with Crippen LogP contribution in [0.1, 0.15) is 28.8 Å². The van der Waals surface area contributed by atoms with Crippen molar-refractivity contribution in [1.29, 1.82) is 0 Å². The molecule has 2 N–H and O–H groups in total. The molecule has 15 heavy (non-hydrogen) atoms. The topological polar surface area (TPSA) is 66.4 Å². The average molecular weight is 205 g/mol. The van der Waals surface area contributed by atoms with Crippen molar-refractivity contribution in [1.82, 2.24) is 0 Å². The fourth-order valence-electron chi connectivity index (χ4n) is 1.78. The first-order chi connectivity index (χ1) is 7.18. The normalized spacial score (nSPS) is 15.1. The lowest BCUT2D eigenvalue weighted by atomic mass is 10.0. The van der Waals surface area contributed by atoms with Gasteiger partial charge in [0, 0.05) is 6.42 Å². The molecule has 1 aliphatic rings. The maximum absolute atomic E-state index is 11.3. The van der Waals surface area contributed by atoms with Crippen molar-refractivity contribution in [2.75, 3.05) is 5.32 Å². The minimum Gasteiger partial charge on any atom is -0.478 e. The first-order valence-corrected chi connectivity index (χ1v) is 4.83. The van der Waals surface area contributed by atoms with Crippen LogP contribution in [-0.4, -0.2) is 17.0 Å². The third kappa shape index (κ3) is 1.83. The van der Waals surface area contributed by atoms with Crippen LogP contribution in [-0.2, 0) is 11.2 Å². The highest BCUT2D eigenvalue weighted by molar-refractivity contribution is 6.01. The molecule has 1 amide bonds. The van der Waals surface area contributed by atoms with Crippen molar-refractivity contribution < 1.29 is 14.7 Å². The first-order valence-electron chi connectivity index (χ1n) is 4.83. The standard InChI is InChI=1S/C11H11NO3/c13-9-6-2-4-7-3-1-5-8(11(14)15)10(7)12-9/h1,3,5H,2,4,6H2,(H,12,13)(H,14,15). The molecule has 0 aliphatic carbocycles. The molecule has 1 heterocycles. The number of carboxylic acid groups (broad SMARTS) is 1. The fraction of sp³-hybridized carbons (Fsp3) is 0.273. The number of para-hydroxylation sites is 1. The third-order valence-electron chi connectivity index (χ3n) is 2.50. The van der Waals surface area contributed by atoms with Gasteiger partial charge in [0.1, 0.15) is 0 Å². The number of carboxylic acids is 1. The Balaban J connectivity index is 2.52. The summed E-state index contributed by atoms with van der Waals surface area (Å²) in [4.78, 5) is 22.3. The summed E-state index contributed by atoms with van der Waals surface area (Å²) >= 11 is 0. The maximum atomic E-state index is 11.3. The van der Waals surface area contributed by atoms with Crippen molar-refractivity contribution in [3.63, 3.8) is 0 Å². The predicted molar refractivity (Wildman–Crippen MR) is 55.0 cm³/mol. The number of benzene rings is 1. The molecule has 1 aromatic rings. The smallest absolute Gasteiger partial charge is 0.337 e. The van der Waals surface area contributed by atoms with E-state index in [4.69, 9.17) is 5.11 Å². The van der Waals surface area contributed by atoms with Gasteiger partial charge >= 0.3 is 5.97 Å². The Hall–Kier alpha value is -1.84. The van der Waals surface area contributed by atoms with Crippen molar-refractivity contribution in [3.05, 3.63) is 29.3 Å². The summed E-state index contributed by atoms with van der Waals surface area (Å²) in [6.07, 6.45) is 1.96. The lowest BCUT2D eigenvalue weighted by Gasteiger charge is -2.09. The van der Waals surface area contributed by atoms with Crippen LogP contribution in [0.15, 0.2) is 18.2 Å². The number of anilines is 1. The third-order valence-corrected chi connectivity index (χ3v) is 2.50. The highest BCUT2D eigenvalue weighted by Crippen LogP contribution is 2.25. The van der Waals surface area contributed by atoms with Gasteiger partial charge in [0.25, 0.3) is 0 Å². The van der Waals surface area contributed by atoms with Crippen molar-refractivity contribution >= 4 is 17.6 Å². The number of amides is 1. The molecule has 4 heteroatoms. The van der Waals surface area contributed by atoms with Crippen LogP contribution in [0.25, 0.3) is 0 Å². The number of carbonyl (C=O) groups excluding carboxylic acids is 1. The van der Waals surface area contributed by atoms with Crippen LogP contribution in [0.4, 0.5) is 5.69 Å². The van der Waals surface area contributed by atoms with Gasteiger partial charge in [-0.15, -0.1) is 0 Å². The lowest BCUT2D eigenvalue weighted by molar-refractivity contribution is -0.116. The Morgan fingerprint density at radius 3 is 2.87 bits per heavy atom. The number of aromatic carboxylic acids is 1. The molecule has 0 saturated carbocycles. The minimum absolute atomic E-state index is 0.109. The summed E-state index contributed by atoms with van der Waals surface area (Å²) in [7, 11) is 0. The predicted octanol–water partition coefficient (Wildman–Crippen LogP) is 1.66. The largest absolute Gasteiger partial charge is 0.478 e. The second-order valence-corrected chi connectivity index (χ2v) is 3.55. The quantitative estimate of drug-likeness (QED) is 0.732. The second-order valence-electron chi connectivity index (χ2n) is 3.55. The van der Waals surface area contributed by atoms with E-state index in [2.05, 4.69) is 5.32 Å². The zero-order valence-electron chi connectivity index (χ0n) is 8.12. The van der Waals surface area contributed by atoms with Crippen LogP contribution >= 0.6 is 0 Å². The van der Waals surface area contributed by atoms with Gasteiger partial charge in [-0.3, -0.25) is 4.79 Å². The van der Waals surface area contributed by atoms with Gasteiger partial charge < -0.3 is 10.4 Å². The summed E-state index contributed by atoms with van der Waals surface area (Å²) in [5.74, 6) is -1.11. The summed E-state index contributed by atoms with van der Waals surface area (Å²) in [5.41, 5.74) is 1.54. The Labute approximate surface area is 86.9 Å². The van der Waals surface area contributed by atoms with E-state index >= 15 is 0 Å².